The third-order valence-electron chi connectivity index (χ3n) is 3.40. The minimum atomic E-state index is -1.01. The molecule has 1 unspecified atom stereocenters. The standard InChI is InChI=1S/C15H19NO4/c17-14(13-7-4-10-20-13)16-12(15(18)19)9-8-11-5-2-1-3-6-11/h1-3,5-6,12-13H,4,7-10H2,(H,16,17)(H,18,19)/t12-,13?/m0/s1. The van der Waals surface area contributed by atoms with Gasteiger partial charge in [-0.25, -0.2) is 4.79 Å². The Morgan fingerprint density at radius 3 is 2.70 bits per heavy atom. The fraction of sp³-hybridized carbons (Fsp3) is 0.467. The Balaban J connectivity index is 1.87. The van der Waals surface area contributed by atoms with E-state index in [0.717, 1.165) is 12.0 Å². The van der Waals surface area contributed by atoms with Crippen molar-refractivity contribution in [3.8, 4) is 0 Å². The van der Waals surface area contributed by atoms with Gasteiger partial charge < -0.3 is 15.2 Å². The molecule has 1 heterocycles. The Labute approximate surface area is 117 Å². The van der Waals surface area contributed by atoms with Gasteiger partial charge >= 0.3 is 5.97 Å². The molecular formula is C15H19NO4. The Hall–Kier alpha value is -1.88. The second-order valence-electron chi connectivity index (χ2n) is 4.93. The van der Waals surface area contributed by atoms with E-state index in [2.05, 4.69) is 5.32 Å². The van der Waals surface area contributed by atoms with E-state index in [0.29, 0.717) is 25.9 Å². The van der Waals surface area contributed by atoms with Crippen molar-refractivity contribution < 1.29 is 19.4 Å². The molecule has 0 spiro atoms. The largest absolute Gasteiger partial charge is 0.480 e. The fourth-order valence-electron chi connectivity index (χ4n) is 2.26. The van der Waals surface area contributed by atoms with Crippen LogP contribution in [0.1, 0.15) is 24.8 Å². The Morgan fingerprint density at radius 2 is 2.10 bits per heavy atom. The number of carboxylic acids is 1. The summed E-state index contributed by atoms with van der Waals surface area (Å²) in [6, 6.07) is 8.76. The van der Waals surface area contributed by atoms with Crippen LogP contribution < -0.4 is 5.32 Å². The van der Waals surface area contributed by atoms with Gasteiger partial charge in [0.05, 0.1) is 0 Å². The molecule has 1 aliphatic rings. The number of hydrogen-bond acceptors (Lipinski definition) is 3. The number of aliphatic carboxylic acids is 1. The number of nitrogens with one attached hydrogen (secondary N) is 1. The first-order valence-corrected chi connectivity index (χ1v) is 6.85. The lowest BCUT2D eigenvalue weighted by molar-refractivity contribution is -0.143. The highest BCUT2D eigenvalue weighted by molar-refractivity contribution is 5.86. The van der Waals surface area contributed by atoms with Crippen LogP contribution in [-0.2, 0) is 20.7 Å². The predicted molar refractivity (Wildman–Crippen MR) is 73.3 cm³/mol. The molecule has 5 nitrogen and oxygen atoms in total. The van der Waals surface area contributed by atoms with Crippen LogP contribution in [0.4, 0.5) is 0 Å². The van der Waals surface area contributed by atoms with Crippen molar-refractivity contribution in [1.82, 2.24) is 5.32 Å². The maximum Gasteiger partial charge on any atom is 0.326 e. The van der Waals surface area contributed by atoms with Crippen LogP contribution in [0, 0.1) is 0 Å². The number of benzene rings is 1. The average molecular weight is 277 g/mol. The molecule has 0 saturated carbocycles. The highest BCUT2D eigenvalue weighted by Gasteiger charge is 2.27. The molecule has 0 bridgehead atoms. The Morgan fingerprint density at radius 1 is 1.35 bits per heavy atom. The maximum atomic E-state index is 11.9. The van der Waals surface area contributed by atoms with E-state index in [4.69, 9.17) is 4.74 Å². The first-order chi connectivity index (χ1) is 9.66. The summed E-state index contributed by atoms with van der Waals surface area (Å²) in [7, 11) is 0. The molecule has 2 N–H and O–H groups in total. The van der Waals surface area contributed by atoms with Gasteiger partial charge in [-0.1, -0.05) is 30.3 Å². The van der Waals surface area contributed by atoms with Gasteiger partial charge in [0, 0.05) is 6.61 Å². The van der Waals surface area contributed by atoms with Crippen molar-refractivity contribution in [2.24, 2.45) is 0 Å². The minimum absolute atomic E-state index is 0.317. The summed E-state index contributed by atoms with van der Waals surface area (Å²) in [5.41, 5.74) is 1.06. The Kier molecular flexibility index (Phi) is 5.12. The van der Waals surface area contributed by atoms with Crippen molar-refractivity contribution in [2.45, 2.75) is 37.8 Å². The van der Waals surface area contributed by atoms with Crippen LogP contribution in [0.2, 0.25) is 0 Å². The summed E-state index contributed by atoms with van der Waals surface area (Å²) in [6.45, 7) is 0.569. The number of rotatable bonds is 6. The second-order valence-corrected chi connectivity index (χ2v) is 4.93. The van der Waals surface area contributed by atoms with E-state index in [1.54, 1.807) is 0 Å². The number of hydrogen-bond donors (Lipinski definition) is 2. The van der Waals surface area contributed by atoms with E-state index in [1.165, 1.54) is 0 Å². The van der Waals surface area contributed by atoms with E-state index < -0.39 is 18.1 Å². The van der Waals surface area contributed by atoms with E-state index in [1.807, 2.05) is 30.3 Å². The van der Waals surface area contributed by atoms with Crippen molar-refractivity contribution in [2.75, 3.05) is 6.61 Å². The predicted octanol–water partition coefficient (Wildman–Crippen LogP) is 1.37. The van der Waals surface area contributed by atoms with Crippen LogP contribution in [0.3, 0.4) is 0 Å². The average Bonchev–Trinajstić information content (AvgIpc) is 2.98. The summed E-state index contributed by atoms with van der Waals surface area (Å²) in [6.07, 6.45) is 2.01. The molecule has 5 heteroatoms. The molecule has 1 aromatic rings. The summed E-state index contributed by atoms with van der Waals surface area (Å²) >= 11 is 0. The molecule has 1 fully saturated rings. The van der Waals surface area contributed by atoms with Crippen molar-refractivity contribution >= 4 is 11.9 Å². The summed E-state index contributed by atoms with van der Waals surface area (Å²) < 4.78 is 5.25. The van der Waals surface area contributed by atoms with Gasteiger partial charge in [-0.3, -0.25) is 4.79 Å². The van der Waals surface area contributed by atoms with Gasteiger partial charge in [-0.05, 0) is 31.2 Å². The molecule has 1 amide bonds. The number of ether oxygens (including phenoxy) is 1. The highest BCUT2D eigenvalue weighted by Crippen LogP contribution is 2.13. The molecule has 1 saturated heterocycles. The number of aryl methyl sites for hydroxylation is 1. The second kappa shape index (κ2) is 7.05. The van der Waals surface area contributed by atoms with Gasteiger partial charge in [0.15, 0.2) is 0 Å². The van der Waals surface area contributed by atoms with Gasteiger partial charge in [-0.15, -0.1) is 0 Å². The Bertz CT molecular complexity index is 454. The van der Waals surface area contributed by atoms with Crippen molar-refractivity contribution in [3.05, 3.63) is 35.9 Å². The molecule has 2 rings (SSSR count). The van der Waals surface area contributed by atoms with Crippen LogP contribution in [0.5, 0.6) is 0 Å². The zero-order valence-electron chi connectivity index (χ0n) is 11.2. The quantitative estimate of drug-likeness (QED) is 0.823. The zero-order chi connectivity index (χ0) is 14.4. The van der Waals surface area contributed by atoms with Gasteiger partial charge in [-0.2, -0.15) is 0 Å². The van der Waals surface area contributed by atoms with Crippen LogP contribution >= 0.6 is 0 Å². The third kappa shape index (κ3) is 4.06. The number of carbonyl (C=O) groups excluding carboxylic acids is 1. The SMILES string of the molecule is O=C(N[C@@H](CCc1ccccc1)C(=O)O)C1CCCO1. The van der Waals surface area contributed by atoms with Crippen LogP contribution in [0.25, 0.3) is 0 Å². The lowest BCUT2D eigenvalue weighted by Crippen LogP contribution is -2.45. The highest BCUT2D eigenvalue weighted by atomic mass is 16.5. The lowest BCUT2D eigenvalue weighted by Gasteiger charge is -2.17. The number of carbonyl (C=O) groups is 2. The molecule has 1 aromatic carbocycles. The molecule has 20 heavy (non-hydrogen) atoms. The maximum absolute atomic E-state index is 11.9. The third-order valence-corrected chi connectivity index (χ3v) is 3.40. The van der Waals surface area contributed by atoms with Gasteiger partial charge in [0.2, 0.25) is 5.91 Å². The number of amides is 1. The van der Waals surface area contributed by atoms with Gasteiger partial charge in [0.1, 0.15) is 12.1 Å². The lowest BCUT2D eigenvalue weighted by atomic mass is 10.0. The zero-order valence-corrected chi connectivity index (χ0v) is 11.2. The molecule has 2 atom stereocenters. The summed E-state index contributed by atoms with van der Waals surface area (Å²) in [5.74, 6) is -1.32. The first kappa shape index (κ1) is 14.5. The van der Waals surface area contributed by atoms with Crippen molar-refractivity contribution in [1.29, 1.82) is 0 Å². The smallest absolute Gasteiger partial charge is 0.326 e. The molecule has 0 aromatic heterocycles. The number of carboxylic acid groups (broad SMARTS) is 1. The monoisotopic (exact) mass is 277 g/mol. The minimum Gasteiger partial charge on any atom is -0.480 e. The van der Waals surface area contributed by atoms with Crippen molar-refractivity contribution in [3.63, 3.8) is 0 Å². The molecule has 108 valence electrons. The topological polar surface area (TPSA) is 75.6 Å². The molecule has 0 aliphatic carbocycles. The molecule has 0 radical (unpaired) electrons. The molecule has 1 aliphatic heterocycles. The van der Waals surface area contributed by atoms with Crippen LogP contribution in [-0.4, -0.2) is 35.7 Å². The van der Waals surface area contributed by atoms with E-state index >= 15 is 0 Å². The van der Waals surface area contributed by atoms with Crippen LogP contribution in [0.15, 0.2) is 30.3 Å². The molecular weight excluding hydrogens is 258 g/mol. The fourth-order valence-corrected chi connectivity index (χ4v) is 2.26. The summed E-state index contributed by atoms with van der Waals surface area (Å²) in [5, 5.41) is 11.8. The summed E-state index contributed by atoms with van der Waals surface area (Å²) in [4.78, 5) is 23.1. The van der Waals surface area contributed by atoms with E-state index in [9.17, 15) is 14.7 Å². The first-order valence-electron chi connectivity index (χ1n) is 6.85. The van der Waals surface area contributed by atoms with Gasteiger partial charge in [0.25, 0.3) is 0 Å². The van der Waals surface area contributed by atoms with E-state index in [-0.39, 0.29) is 5.91 Å². The normalized spacial score (nSPS) is 19.5.